The molecule has 1 aromatic carbocycles. The van der Waals surface area contributed by atoms with Gasteiger partial charge in [-0.2, -0.15) is 13.2 Å². The minimum atomic E-state index is -4.15. The Bertz CT molecular complexity index is 389. The molecule has 0 saturated heterocycles. The van der Waals surface area contributed by atoms with Crippen LogP contribution in [0.4, 0.5) is 23.2 Å². The molecule has 6 heteroatoms. The molecule has 2 nitrogen and oxygen atoms in total. The van der Waals surface area contributed by atoms with E-state index in [0.717, 1.165) is 0 Å². The van der Waals surface area contributed by atoms with Gasteiger partial charge in [0.1, 0.15) is 5.82 Å². The second-order valence-corrected chi connectivity index (χ2v) is 4.87. The number of halogens is 4. The quantitative estimate of drug-likeness (QED) is 0.779. The molecule has 0 amide bonds. The van der Waals surface area contributed by atoms with Gasteiger partial charge in [-0.25, -0.2) is 4.39 Å². The lowest BCUT2D eigenvalue weighted by Gasteiger charge is -2.31. The lowest BCUT2D eigenvalue weighted by molar-refractivity contribution is -0.136. The number of hydrogen-bond acceptors (Lipinski definition) is 2. The van der Waals surface area contributed by atoms with E-state index in [1.54, 1.807) is 6.92 Å². The average molecular weight is 278 g/mol. The average Bonchev–Trinajstić information content (AvgIpc) is 2.30. The molecule has 0 aliphatic carbocycles. The van der Waals surface area contributed by atoms with Crippen LogP contribution >= 0.6 is 0 Å². The molecule has 3 N–H and O–H groups in total. The van der Waals surface area contributed by atoms with Crippen molar-refractivity contribution in [2.24, 2.45) is 5.73 Å². The summed E-state index contributed by atoms with van der Waals surface area (Å²) in [5, 5.41) is 3.06. The summed E-state index contributed by atoms with van der Waals surface area (Å²) in [4.78, 5) is 0. The molecule has 0 saturated carbocycles. The minimum Gasteiger partial charge on any atom is -0.379 e. The minimum absolute atomic E-state index is 0.00535. The topological polar surface area (TPSA) is 38.0 Å². The summed E-state index contributed by atoms with van der Waals surface area (Å²) in [6, 6.07) is 5.64. The summed E-state index contributed by atoms with van der Waals surface area (Å²) in [6.07, 6.45) is -4.68. The van der Waals surface area contributed by atoms with Gasteiger partial charge in [0, 0.05) is 24.2 Å². The fourth-order valence-electron chi connectivity index (χ4n) is 1.78. The second-order valence-electron chi connectivity index (χ2n) is 4.87. The number of nitrogens with two attached hydrogens (primary N) is 1. The van der Waals surface area contributed by atoms with Crippen LogP contribution in [0.2, 0.25) is 0 Å². The Balaban J connectivity index is 2.57. The number of rotatable bonds is 6. The Kier molecular flexibility index (Phi) is 5.17. The highest BCUT2D eigenvalue weighted by atomic mass is 19.4. The summed E-state index contributed by atoms with van der Waals surface area (Å²) in [5.74, 6) is -0.364. The Morgan fingerprint density at radius 2 is 1.68 bits per heavy atom. The molecule has 1 rings (SSSR count). The van der Waals surface area contributed by atoms with Crippen molar-refractivity contribution in [3.05, 3.63) is 30.1 Å². The van der Waals surface area contributed by atoms with Gasteiger partial charge in [-0.15, -0.1) is 0 Å². The van der Waals surface area contributed by atoms with Crippen LogP contribution in [-0.2, 0) is 0 Å². The predicted octanol–water partition coefficient (Wildman–Crippen LogP) is 3.69. The van der Waals surface area contributed by atoms with Gasteiger partial charge in [0.25, 0.3) is 0 Å². The van der Waals surface area contributed by atoms with E-state index in [4.69, 9.17) is 5.73 Å². The van der Waals surface area contributed by atoms with Gasteiger partial charge < -0.3 is 11.1 Å². The Morgan fingerprint density at radius 3 is 2.16 bits per heavy atom. The van der Waals surface area contributed by atoms with Crippen LogP contribution in [0.1, 0.15) is 26.2 Å². The molecule has 1 atom stereocenters. The number of anilines is 1. The van der Waals surface area contributed by atoms with Gasteiger partial charge in [0.2, 0.25) is 0 Å². The third-order valence-corrected chi connectivity index (χ3v) is 2.93. The molecule has 0 aliphatic heterocycles. The molecule has 0 bridgehead atoms. The van der Waals surface area contributed by atoms with Crippen molar-refractivity contribution >= 4 is 5.69 Å². The van der Waals surface area contributed by atoms with Crippen molar-refractivity contribution in [2.75, 3.05) is 11.9 Å². The van der Waals surface area contributed by atoms with Crippen molar-refractivity contribution in [2.45, 2.75) is 37.9 Å². The summed E-state index contributed by atoms with van der Waals surface area (Å²) < 4.78 is 49.1. The maximum Gasteiger partial charge on any atom is 0.389 e. The third-order valence-electron chi connectivity index (χ3n) is 2.93. The zero-order chi connectivity index (χ0) is 14.5. The molecule has 0 aromatic heterocycles. The number of alkyl halides is 3. The molecule has 1 aromatic rings. The lowest BCUT2D eigenvalue weighted by atomic mass is 9.94. The monoisotopic (exact) mass is 278 g/mol. The van der Waals surface area contributed by atoms with E-state index in [1.807, 2.05) is 0 Å². The van der Waals surface area contributed by atoms with Crippen LogP contribution in [0.25, 0.3) is 0 Å². The normalized spacial score (nSPS) is 15.1. The van der Waals surface area contributed by atoms with Crippen LogP contribution < -0.4 is 11.1 Å². The zero-order valence-electron chi connectivity index (χ0n) is 10.7. The molecule has 0 heterocycles. The maximum absolute atomic E-state index is 12.8. The molecule has 19 heavy (non-hydrogen) atoms. The highest BCUT2D eigenvalue weighted by Crippen LogP contribution is 2.26. The van der Waals surface area contributed by atoms with Crippen LogP contribution in [0.5, 0.6) is 0 Å². The largest absolute Gasteiger partial charge is 0.389 e. The first-order valence-electron chi connectivity index (χ1n) is 6.05. The third kappa shape index (κ3) is 5.92. The van der Waals surface area contributed by atoms with Crippen LogP contribution in [0, 0.1) is 5.82 Å². The van der Waals surface area contributed by atoms with Gasteiger partial charge in [-0.1, -0.05) is 0 Å². The molecule has 0 aliphatic rings. The number of hydrogen-bond donors (Lipinski definition) is 2. The van der Waals surface area contributed by atoms with Crippen molar-refractivity contribution < 1.29 is 17.6 Å². The predicted molar refractivity (Wildman–Crippen MR) is 67.4 cm³/mol. The van der Waals surface area contributed by atoms with Crippen LogP contribution in [0.3, 0.4) is 0 Å². The van der Waals surface area contributed by atoms with Gasteiger partial charge in [-0.05, 0) is 44.0 Å². The Labute approximate surface area is 110 Å². The van der Waals surface area contributed by atoms with Crippen LogP contribution in [0.15, 0.2) is 24.3 Å². The van der Waals surface area contributed by atoms with Crippen molar-refractivity contribution in [3.63, 3.8) is 0 Å². The van der Waals surface area contributed by atoms with Gasteiger partial charge in [-0.3, -0.25) is 0 Å². The Morgan fingerprint density at radius 1 is 1.11 bits per heavy atom. The second kappa shape index (κ2) is 6.23. The molecule has 1 unspecified atom stereocenters. The van der Waals surface area contributed by atoms with Gasteiger partial charge in [0.05, 0.1) is 0 Å². The standard InChI is InChI=1S/C13H18F4N2/c1-12(9-18,7-2-8-13(15,16)17)19-11-5-3-10(14)4-6-11/h3-6,19H,2,7-9,18H2,1H3. The maximum atomic E-state index is 12.8. The molecule has 0 spiro atoms. The first kappa shape index (κ1) is 15.8. The van der Waals surface area contributed by atoms with E-state index in [2.05, 4.69) is 5.32 Å². The SMILES string of the molecule is CC(CN)(CCCC(F)(F)F)Nc1ccc(F)cc1. The zero-order valence-corrected chi connectivity index (χ0v) is 10.7. The van der Waals surface area contributed by atoms with Gasteiger partial charge >= 0.3 is 6.18 Å². The van der Waals surface area contributed by atoms with E-state index in [-0.39, 0.29) is 18.8 Å². The Hall–Kier alpha value is -1.30. The lowest BCUT2D eigenvalue weighted by Crippen LogP contribution is -2.42. The summed E-state index contributed by atoms with van der Waals surface area (Å²) in [6.45, 7) is 1.95. The van der Waals surface area contributed by atoms with Gasteiger partial charge in [0.15, 0.2) is 0 Å². The fourth-order valence-corrected chi connectivity index (χ4v) is 1.78. The molecular weight excluding hydrogens is 260 g/mol. The summed E-state index contributed by atoms with van der Waals surface area (Å²) >= 11 is 0. The summed E-state index contributed by atoms with van der Waals surface area (Å²) in [7, 11) is 0. The van der Waals surface area contributed by atoms with E-state index in [0.29, 0.717) is 12.1 Å². The molecular formula is C13H18F4N2. The smallest absolute Gasteiger partial charge is 0.379 e. The van der Waals surface area contributed by atoms with Crippen molar-refractivity contribution in [1.29, 1.82) is 0 Å². The van der Waals surface area contributed by atoms with E-state index < -0.39 is 18.1 Å². The summed E-state index contributed by atoms with van der Waals surface area (Å²) in [5.41, 5.74) is 5.62. The fraction of sp³-hybridized carbons (Fsp3) is 0.538. The first-order chi connectivity index (χ1) is 8.74. The first-order valence-corrected chi connectivity index (χ1v) is 6.05. The van der Waals surface area contributed by atoms with E-state index >= 15 is 0 Å². The van der Waals surface area contributed by atoms with E-state index in [9.17, 15) is 17.6 Å². The highest BCUT2D eigenvalue weighted by Gasteiger charge is 2.29. The molecule has 0 radical (unpaired) electrons. The molecule has 0 fully saturated rings. The number of benzene rings is 1. The highest BCUT2D eigenvalue weighted by molar-refractivity contribution is 5.45. The van der Waals surface area contributed by atoms with Crippen molar-refractivity contribution in [3.8, 4) is 0 Å². The van der Waals surface area contributed by atoms with Crippen LogP contribution in [-0.4, -0.2) is 18.3 Å². The number of nitrogens with one attached hydrogen (secondary N) is 1. The van der Waals surface area contributed by atoms with Crippen molar-refractivity contribution in [1.82, 2.24) is 0 Å². The van der Waals surface area contributed by atoms with E-state index in [1.165, 1.54) is 24.3 Å². The molecule has 108 valence electrons.